The molecule has 1 unspecified atom stereocenters. The Morgan fingerprint density at radius 1 is 1.20 bits per heavy atom. The number of piperidine rings is 1. The number of carbonyl (C=O) groups excluding carboxylic acids is 2. The molecule has 0 spiro atoms. The number of hydrogen-bond donors (Lipinski definition) is 2. The molecular formula is C17H22F3N3O2. The van der Waals surface area contributed by atoms with Crippen molar-refractivity contribution in [2.24, 2.45) is 0 Å². The highest BCUT2D eigenvalue weighted by Gasteiger charge is 2.30. The Morgan fingerprint density at radius 2 is 1.88 bits per heavy atom. The van der Waals surface area contributed by atoms with Gasteiger partial charge >= 0.3 is 12.2 Å². The van der Waals surface area contributed by atoms with Gasteiger partial charge in [0.2, 0.25) is 5.91 Å². The van der Waals surface area contributed by atoms with Gasteiger partial charge < -0.3 is 15.5 Å². The number of nitrogens with zero attached hydrogens (tertiary/aromatic N) is 1. The third kappa shape index (κ3) is 5.65. The molecule has 1 fully saturated rings. The number of rotatable bonds is 4. The van der Waals surface area contributed by atoms with Crippen molar-refractivity contribution in [2.75, 3.05) is 19.6 Å². The molecule has 1 aliphatic heterocycles. The number of nitrogens with one attached hydrogen (secondary N) is 2. The van der Waals surface area contributed by atoms with Gasteiger partial charge in [0.1, 0.15) is 0 Å². The van der Waals surface area contributed by atoms with Crippen molar-refractivity contribution in [3.05, 3.63) is 35.4 Å². The zero-order chi connectivity index (χ0) is 18.4. The van der Waals surface area contributed by atoms with E-state index in [-0.39, 0.29) is 12.5 Å². The third-order valence-electron chi connectivity index (χ3n) is 4.17. The molecule has 1 aliphatic rings. The highest BCUT2D eigenvalue weighted by Crippen LogP contribution is 2.30. The van der Waals surface area contributed by atoms with Crippen LogP contribution in [0.3, 0.4) is 0 Å². The fourth-order valence-electron chi connectivity index (χ4n) is 2.73. The van der Waals surface area contributed by atoms with Crippen LogP contribution < -0.4 is 10.6 Å². The SMILES string of the molecule is CC(NC(=O)NCC(=O)N1CCCCC1)c1cccc(C(F)(F)F)c1. The quantitative estimate of drug-likeness (QED) is 0.870. The summed E-state index contributed by atoms with van der Waals surface area (Å²) in [5.41, 5.74) is -0.424. The summed E-state index contributed by atoms with van der Waals surface area (Å²) in [6.45, 7) is 2.86. The minimum Gasteiger partial charge on any atom is -0.341 e. The number of alkyl halides is 3. The predicted octanol–water partition coefficient (Wildman–Crippen LogP) is 3.08. The number of carbonyl (C=O) groups is 2. The van der Waals surface area contributed by atoms with Crippen molar-refractivity contribution in [3.8, 4) is 0 Å². The third-order valence-corrected chi connectivity index (χ3v) is 4.17. The van der Waals surface area contributed by atoms with Crippen LogP contribution in [0.15, 0.2) is 24.3 Å². The Labute approximate surface area is 144 Å². The molecule has 2 N–H and O–H groups in total. The Morgan fingerprint density at radius 3 is 2.52 bits per heavy atom. The van der Waals surface area contributed by atoms with E-state index in [4.69, 9.17) is 0 Å². The summed E-state index contributed by atoms with van der Waals surface area (Å²) in [6.07, 6.45) is -1.40. The summed E-state index contributed by atoms with van der Waals surface area (Å²) in [5.74, 6) is -0.151. The van der Waals surface area contributed by atoms with Crippen molar-refractivity contribution in [2.45, 2.75) is 38.4 Å². The normalized spacial score (nSPS) is 16.2. The Hall–Kier alpha value is -2.25. The van der Waals surface area contributed by atoms with Crippen LogP contribution in [-0.2, 0) is 11.0 Å². The van der Waals surface area contributed by atoms with Crippen LogP contribution in [0.5, 0.6) is 0 Å². The minimum atomic E-state index is -4.43. The van der Waals surface area contributed by atoms with Gasteiger partial charge in [0.05, 0.1) is 18.2 Å². The van der Waals surface area contributed by atoms with Gasteiger partial charge in [-0.3, -0.25) is 4.79 Å². The lowest BCUT2D eigenvalue weighted by molar-refractivity contribution is -0.137. The molecule has 1 atom stereocenters. The first-order chi connectivity index (χ1) is 11.8. The van der Waals surface area contributed by atoms with E-state index in [0.717, 1.165) is 31.4 Å². The lowest BCUT2D eigenvalue weighted by Gasteiger charge is -2.26. The first kappa shape index (κ1) is 19.1. The molecular weight excluding hydrogens is 335 g/mol. The maximum absolute atomic E-state index is 12.7. The zero-order valence-corrected chi connectivity index (χ0v) is 14.0. The second-order valence-electron chi connectivity index (χ2n) is 6.11. The monoisotopic (exact) mass is 357 g/mol. The van der Waals surface area contributed by atoms with E-state index >= 15 is 0 Å². The smallest absolute Gasteiger partial charge is 0.341 e. The Kier molecular flexibility index (Phi) is 6.27. The van der Waals surface area contributed by atoms with Crippen LogP contribution in [0.1, 0.15) is 43.4 Å². The highest BCUT2D eigenvalue weighted by molar-refractivity contribution is 5.84. The van der Waals surface area contributed by atoms with Crippen LogP contribution in [-0.4, -0.2) is 36.5 Å². The second-order valence-corrected chi connectivity index (χ2v) is 6.11. The van der Waals surface area contributed by atoms with Crippen molar-refractivity contribution in [3.63, 3.8) is 0 Å². The van der Waals surface area contributed by atoms with Crippen molar-refractivity contribution in [1.82, 2.24) is 15.5 Å². The van der Waals surface area contributed by atoms with E-state index in [1.807, 2.05) is 0 Å². The predicted molar refractivity (Wildman–Crippen MR) is 86.8 cm³/mol. The molecule has 1 heterocycles. The van der Waals surface area contributed by atoms with Gasteiger partial charge in [0.15, 0.2) is 0 Å². The number of halogens is 3. The van der Waals surface area contributed by atoms with E-state index < -0.39 is 23.8 Å². The summed E-state index contributed by atoms with van der Waals surface area (Å²) < 4.78 is 38.2. The Bertz CT molecular complexity index is 613. The van der Waals surface area contributed by atoms with Crippen LogP contribution in [0.2, 0.25) is 0 Å². The van der Waals surface area contributed by atoms with Gasteiger partial charge in [-0.2, -0.15) is 13.2 Å². The number of hydrogen-bond acceptors (Lipinski definition) is 2. The van der Waals surface area contributed by atoms with E-state index in [1.54, 1.807) is 11.8 Å². The molecule has 1 aromatic carbocycles. The second kappa shape index (κ2) is 8.22. The van der Waals surface area contributed by atoms with Gasteiger partial charge in [0.25, 0.3) is 0 Å². The van der Waals surface area contributed by atoms with Crippen LogP contribution in [0.25, 0.3) is 0 Å². The van der Waals surface area contributed by atoms with E-state index in [2.05, 4.69) is 10.6 Å². The van der Waals surface area contributed by atoms with E-state index in [9.17, 15) is 22.8 Å². The molecule has 5 nitrogen and oxygen atoms in total. The van der Waals surface area contributed by atoms with Gasteiger partial charge in [-0.25, -0.2) is 4.79 Å². The van der Waals surface area contributed by atoms with Gasteiger partial charge in [-0.05, 0) is 43.9 Å². The lowest BCUT2D eigenvalue weighted by atomic mass is 10.1. The fourth-order valence-corrected chi connectivity index (χ4v) is 2.73. The van der Waals surface area contributed by atoms with Gasteiger partial charge in [-0.1, -0.05) is 12.1 Å². The maximum atomic E-state index is 12.7. The van der Waals surface area contributed by atoms with E-state index in [0.29, 0.717) is 18.7 Å². The summed E-state index contributed by atoms with van der Waals surface area (Å²) in [4.78, 5) is 25.6. The largest absolute Gasteiger partial charge is 0.416 e. The average molecular weight is 357 g/mol. The maximum Gasteiger partial charge on any atom is 0.416 e. The van der Waals surface area contributed by atoms with Crippen LogP contribution in [0, 0.1) is 0 Å². The molecule has 0 aromatic heterocycles. The minimum absolute atomic E-state index is 0.124. The van der Waals surface area contributed by atoms with Gasteiger partial charge in [0, 0.05) is 13.1 Å². The van der Waals surface area contributed by atoms with Crippen molar-refractivity contribution >= 4 is 11.9 Å². The standard InChI is InChI=1S/C17H22F3N3O2/c1-12(13-6-5-7-14(10-13)17(18,19)20)22-16(25)21-11-15(24)23-8-3-2-4-9-23/h5-7,10,12H,2-4,8-9,11H2,1H3,(H2,21,22,25). The summed E-state index contributed by atoms with van der Waals surface area (Å²) in [5, 5.41) is 5.01. The van der Waals surface area contributed by atoms with Crippen LogP contribution >= 0.6 is 0 Å². The zero-order valence-electron chi connectivity index (χ0n) is 14.0. The van der Waals surface area contributed by atoms with Gasteiger partial charge in [-0.15, -0.1) is 0 Å². The molecule has 138 valence electrons. The number of likely N-dealkylation sites (tertiary alicyclic amines) is 1. The summed E-state index contributed by atoms with van der Waals surface area (Å²) in [7, 11) is 0. The summed E-state index contributed by atoms with van der Waals surface area (Å²) >= 11 is 0. The molecule has 25 heavy (non-hydrogen) atoms. The first-order valence-electron chi connectivity index (χ1n) is 8.26. The number of amides is 3. The molecule has 0 saturated carbocycles. The topological polar surface area (TPSA) is 61.4 Å². The van der Waals surface area contributed by atoms with E-state index in [1.165, 1.54) is 12.1 Å². The number of benzene rings is 1. The molecule has 2 rings (SSSR count). The highest BCUT2D eigenvalue weighted by atomic mass is 19.4. The number of urea groups is 1. The van der Waals surface area contributed by atoms with Crippen LogP contribution in [0.4, 0.5) is 18.0 Å². The molecule has 1 aromatic rings. The molecule has 0 bridgehead atoms. The molecule has 3 amide bonds. The van der Waals surface area contributed by atoms with Crippen molar-refractivity contribution in [1.29, 1.82) is 0 Å². The molecule has 0 radical (unpaired) electrons. The van der Waals surface area contributed by atoms with Crippen molar-refractivity contribution < 1.29 is 22.8 Å². The first-order valence-corrected chi connectivity index (χ1v) is 8.26. The fraction of sp³-hybridized carbons (Fsp3) is 0.529. The average Bonchev–Trinajstić information content (AvgIpc) is 2.59. The Balaban J connectivity index is 1.84. The molecule has 0 aliphatic carbocycles. The lowest BCUT2D eigenvalue weighted by Crippen LogP contribution is -2.45. The molecule has 8 heteroatoms. The summed E-state index contributed by atoms with van der Waals surface area (Å²) in [6, 6.07) is 3.59. The molecule has 1 saturated heterocycles.